The van der Waals surface area contributed by atoms with Crippen LogP contribution in [0.1, 0.15) is 30.6 Å². The van der Waals surface area contributed by atoms with Gasteiger partial charge in [0, 0.05) is 18.2 Å². The highest BCUT2D eigenvalue weighted by Crippen LogP contribution is 2.35. The molecule has 3 heterocycles. The highest BCUT2D eigenvalue weighted by atomic mass is 32.2. The molecular weight excluding hydrogens is 369 g/mol. The van der Waals surface area contributed by atoms with Crippen LogP contribution in [0.5, 0.6) is 0 Å². The van der Waals surface area contributed by atoms with Crippen LogP contribution in [0.3, 0.4) is 0 Å². The van der Waals surface area contributed by atoms with Crippen molar-refractivity contribution in [1.29, 1.82) is 0 Å². The number of furan rings is 1. The van der Waals surface area contributed by atoms with Crippen LogP contribution in [0, 0.1) is 12.7 Å². The first kappa shape index (κ1) is 18.7. The molecule has 0 bridgehead atoms. The Morgan fingerprint density at radius 2 is 2.15 bits per heavy atom. The van der Waals surface area contributed by atoms with E-state index in [-0.39, 0.29) is 23.4 Å². The van der Waals surface area contributed by atoms with Gasteiger partial charge in [0.05, 0.1) is 23.7 Å². The normalized spacial score (nSPS) is 27.3. The van der Waals surface area contributed by atoms with Crippen molar-refractivity contribution in [3.8, 4) is 11.3 Å². The van der Waals surface area contributed by atoms with Gasteiger partial charge in [0.1, 0.15) is 17.3 Å². The van der Waals surface area contributed by atoms with Crippen LogP contribution >= 0.6 is 0 Å². The molecule has 27 heavy (non-hydrogen) atoms. The minimum atomic E-state index is -2.98. The Labute approximate surface area is 158 Å². The molecule has 1 aromatic carbocycles. The lowest BCUT2D eigenvalue weighted by atomic mass is 9.90. The lowest BCUT2D eigenvalue weighted by Crippen LogP contribution is -2.47. The van der Waals surface area contributed by atoms with Gasteiger partial charge in [-0.1, -0.05) is 0 Å². The summed E-state index contributed by atoms with van der Waals surface area (Å²) in [7, 11) is -2.98. The summed E-state index contributed by atoms with van der Waals surface area (Å²) in [6, 6.07) is 8.66. The number of aryl methyl sites for hydroxylation is 1. The molecular formula is C20H24FNO4S. The molecule has 0 aliphatic carbocycles. The summed E-state index contributed by atoms with van der Waals surface area (Å²) >= 11 is 0. The maximum Gasteiger partial charge on any atom is 0.153 e. The van der Waals surface area contributed by atoms with Gasteiger partial charge in [-0.05, 0) is 62.1 Å². The molecule has 2 saturated heterocycles. The van der Waals surface area contributed by atoms with Gasteiger partial charge in [-0.3, -0.25) is 0 Å². The number of hydrogen-bond acceptors (Lipinski definition) is 5. The molecule has 7 heteroatoms. The molecule has 1 spiro atoms. The van der Waals surface area contributed by atoms with Crippen molar-refractivity contribution in [1.82, 2.24) is 5.32 Å². The first-order valence-electron chi connectivity index (χ1n) is 9.27. The average molecular weight is 393 g/mol. The molecule has 2 atom stereocenters. The summed E-state index contributed by atoms with van der Waals surface area (Å²) in [6.07, 6.45) is 2.14. The second-order valence-electron chi connectivity index (χ2n) is 7.67. The first-order chi connectivity index (χ1) is 12.8. The third-order valence-electron chi connectivity index (χ3n) is 5.53. The minimum absolute atomic E-state index is 0.132. The van der Waals surface area contributed by atoms with E-state index in [2.05, 4.69) is 5.32 Å². The van der Waals surface area contributed by atoms with E-state index in [0.717, 1.165) is 29.1 Å². The molecule has 2 fully saturated rings. The largest absolute Gasteiger partial charge is 0.460 e. The van der Waals surface area contributed by atoms with Gasteiger partial charge in [-0.15, -0.1) is 0 Å². The number of rotatable bonds is 4. The Morgan fingerprint density at radius 3 is 2.89 bits per heavy atom. The molecule has 0 amide bonds. The average Bonchev–Trinajstić information content (AvgIpc) is 3.18. The number of hydrogen-bond donors (Lipinski definition) is 1. The van der Waals surface area contributed by atoms with Gasteiger partial charge in [0.25, 0.3) is 0 Å². The second-order valence-corrected chi connectivity index (χ2v) is 9.85. The lowest BCUT2D eigenvalue weighted by molar-refractivity contribution is -0.0707. The van der Waals surface area contributed by atoms with E-state index < -0.39 is 15.4 Å². The van der Waals surface area contributed by atoms with Crippen molar-refractivity contribution >= 4 is 9.84 Å². The smallest absolute Gasteiger partial charge is 0.153 e. The van der Waals surface area contributed by atoms with E-state index in [1.807, 2.05) is 19.1 Å². The summed E-state index contributed by atoms with van der Waals surface area (Å²) in [5.74, 6) is 1.61. The standard InChI is InChI=1S/C20H24FNO4S/c1-14-10-15(21)2-4-18(14)19-5-3-17(26-19)12-22-16-6-8-25-20(11-16)7-9-27(23,24)13-20/h2-5,10,16,22H,6-9,11-13H2,1H3. The van der Waals surface area contributed by atoms with Gasteiger partial charge in [0.2, 0.25) is 0 Å². The Morgan fingerprint density at radius 1 is 1.30 bits per heavy atom. The third kappa shape index (κ3) is 4.10. The maximum absolute atomic E-state index is 13.3. The molecule has 4 rings (SSSR count). The van der Waals surface area contributed by atoms with Gasteiger partial charge in [-0.25, -0.2) is 12.8 Å². The predicted octanol–water partition coefficient (Wildman–Crippen LogP) is 3.22. The van der Waals surface area contributed by atoms with Crippen molar-refractivity contribution in [2.75, 3.05) is 18.1 Å². The van der Waals surface area contributed by atoms with Crippen LogP contribution in [0.2, 0.25) is 0 Å². The van der Waals surface area contributed by atoms with Crippen molar-refractivity contribution in [3.63, 3.8) is 0 Å². The topological polar surface area (TPSA) is 68.5 Å². The quantitative estimate of drug-likeness (QED) is 0.864. The van der Waals surface area contributed by atoms with Gasteiger partial charge in [0.15, 0.2) is 9.84 Å². The molecule has 0 saturated carbocycles. The predicted molar refractivity (Wildman–Crippen MR) is 101 cm³/mol. The summed E-state index contributed by atoms with van der Waals surface area (Å²) in [5, 5.41) is 3.48. The highest BCUT2D eigenvalue weighted by molar-refractivity contribution is 7.91. The van der Waals surface area contributed by atoms with Crippen molar-refractivity contribution in [2.45, 2.75) is 44.4 Å². The molecule has 1 aromatic heterocycles. The monoisotopic (exact) mass is 393 g/mol. The first-order valence-corrected chi connectivity index (χ1v) is 11.1. The molecule has 2 aromatic rings. The van der Waals surface area contributed by atoms with Gasteiger partial charge in [-0.2, -0.15) is 0 Å². The zero-order valence-corrected chi connectivity index (χ0v) is 16.1. The van der Waals surface area contributed by atoms with Gasteiger partial charge >= 0.3 is 0 Å². The molecule has 1 N–H and O–H groups in total. The Balaban J connectivity index is 1.39. The van der Waals surface area contributed by atoms with E-state index in [0.29, 0.717) is 26.0 Å². The van der Waals surface area contributed by atoms with Crippen LogP contribution in [0.25, 0.3) is 11.3 Å². The maximum atomic E-state index is 13.3. The summed E-state index contributed by atoms with van der Waals surface area (Å²) in [4.78, 5) is 0. The fraction of sp³-hybridized carbons (Fsp3) is 0.500. The molecule has 146 valence electrons. The SMILES string of the molecule is Cc1cc(F)ccc1-c1ccc(CNC2CCOC3(CCS(=O)(=O)C3)C2)o1. The molecule has 0 radical (unpaired) electrons. The Hall–Kier alpha value is -1.70. The number of halogens is 1. The molecule has 5 nitrogen and oxygen atoms in total. The zero-order valence-electron chi connectivity index (χ0n) is 15.3. The molecule has 2 aliphatic heterocycles. The van der Waals surface area contributed by atoms with Crippen molar-refractivity contribution < 1.29 is 22.0 Å². The second kappa shape index (κ2) is 7.04. The number of benzene rings is 1. The lowest BCUT2D eigenvalue weighted by Gasteiger charge is -2.37. The van der Waals surface area contributed by atoms with Gasteiger partial charge < -0.3 is 14.5 Å². The number of ether oxygens (including phenoxy) is 1. The van der Waals surface area contributed by atoms with E-state index in [4.69, 9.17) is 9.15 Å². The summed E-state index contributed by atoms with van der Waals surface area (Å²) < 4.78 is 48.7. The number of nitrogens with one attached hydrogen (secondary N) is 1. The van der Waals surface area contributed by atoms with E-state index in [9.17, 15) is 12.8 Å². The van der Waals surface area contributed by atoms with Crippen LogP contribution in [0.4, 0.5) is 4.39 Å². The Kier molecular flexibility index (Phi) is 4.86. The van der Waals surface area contributed by atoms with Crippen LogP contribution in [0.15, 0.2) is 34.7 Å². The fourth-order valence-corrected chi connectivity index (χ4v) is 6.10. The van der Waals surface area contributed by atoms with Crippen LogP contribution < -0.4 is 5.32 Å². The summed E-state index contributed by atoms with van der Waals surface area (Å²) in [5.41, 5.74) is 1.19. The van der Waals surface area contributed by atoms with Crippen molar-refractivity contribution in [3.05, 3.63) is 47.5 Å². The zero-order chi connectivity index (χ0) is 19.1. The third-order valence-corrected chi connectivity index (χ3v) is 7.32. The van der Waals surface area contributed by atoms with E-state index in [1.165, 1.54) is 12.1 Å². The highest BCUT2D eigenvalue weighted by Gasteiger charge is 2.46. The minimum Gasteiger partial charge on any atom is -0.460 e. The fourth-order valence-electron chi connectivity index (χ4n) is 4.13. The molecule has 2 unspecified atom stereocenters. The van der Waals surface area contributed by atoms with Crippen LogP contribution in [-0.4, -0.2) is 38.2 Å². The number of sulfone groups is 1. The van der Waals surface area contributed by atoms with Crippen molar-refractivity contribution in [2.24, 2.45) is 0 Å². The van der Waals surface area contributed by atoms with E-state index in [1.54, 1.807) is 6.07 Å². The molecule has 2 aliphatic rings. The Bertz CT molecular complexity index is 939. The van der Waals surface area contributed by atoms with E-state index >= 15 is 0 Å². The van der Waals surface area contributed by atoms with Crippen LogP contribution in [-0.2, 0) is 21.1 Å². The summed E-state index contributed by atoms with van der Waals surface area (Å²) in [6.45, 7) is 3.00.